The summed E-state index contributed by atoms with van der Waals surface area (Å²) in [7, 11) is 0. The van der Waals surface area contributed by atoms with Crippen molar-refractivity contribution >= 4 is 5.78 Å². The molecule has 18 heavy (non-hydrogen) atoms. The average Bonchev–Trinajstić information content (AvgIpc) is 2.93. The Morgan fingerprint density at radius 3 is 2.39 bits per heavy atom. The minimum absolute atomic E-state index is 0.0323. The van der Waals surface area contributed by atoms with Gasteiger partial charge in [0.2, 0.25) is 0 Å². The van der Waals surface area contributed by atoms with Gasteiger partial charge in [-0.1, -0.05) is 12.8 Å². The lowest BCUT2D eigenvalue weighted by Crippen LogP contribution is -2.46. The molecule has 3 rings (SSSR count). The van der Waals surface area contributed by atoms with E-state index in [1.165, 1.54) is 12.8 Å². The highest BCUT2D eigenvalue weighted by molar-refractivity contribution is 5.83. The quantitative estimate of drug-likeness (QED) is 0.758. The highest BCUT2D eigenvalue weighted by Crippen LogP contribution is 2.40. The lowest BCUT2D eigenvalue weighted by atomic mass is 9.76. The van der Waals surface area contributed by atoms with Crippen LogP contribution in [0.5, 0.6) is 0 Å². The monoisotopic (exact) mass is 252 g/mol. The van der Waals surface area contributed by atoms with E-state index in [2.05, 4.69) is 0 Å². The van der Waals surface area contributed by atoms with Crippen LogP contribution in [0.4, 0.5) is 0 Å². The smallest absolute Gasteiger partial charge is 0.139 e. The zero-order chi connectivity index (χ0) is 12.4. The summed E-state index contributed by atoms with van der Waals surface area (Å²) in [4.78, 5) is 12.5. The van der Waals surface area contributed by atoms with Crippen molar-refractivity contribution in [1.82, 2.24) is 0 Å². The van der Waals surface area contributed by atoms with E-state index in [9.17, 15) is 4.79 Å². The Kier molecular flexibility index (Phi) is 3.71. The maximum atomic E-state index is 12.5. The summed E-state index contributed by atoms with van der Waals surface area (Å²) in [5.41, 5.74) is -0.0323. The molecule has 0 aromatic heterocycles. The standard InChI is InChI=1S/C15H24O3/c16-14(12-3-1-2-4-12)13-5-8-18-15(11-13)6-9-17-10-7-15/h12-13H,1-11H2. The molecule has 3 nitrogen and oxygen atoms in total. The molecule has 0 radical (unpaired) electrons. The predicted molar refractivity (Wildman–Crippen MR) is 68.4 cm³/mol. The fourth-order valence-electron chi connectivity index (χ4n) is 3.91. The molecule has 0 amide bonds. The topological polar surface area (TPSA) is 35.5 Å². The fraction of sp³-hybridized carbons (Fsp3) is 0.933. The first-order valence-corrected chi connectivity index (χ1v) is 7.55. The van der Waals surface area contributed by atoms with Crippen molar-refractivity contribution in [2.24, 2.45) is 11.8 Å². The van der Waals surface area contributed by atoms with Crippen LogP contribution in [-0.4, -0.2) is 31.2 Å². The maximum absolute atomic E-state index is 12.5. The maximum Gasteiger partial charge on any atom is 0.139 e. The number of Topliss-reactive ketones (excluding diaryl/α,β-unsaturated/α-hetero) is 1. The molecule has 0 aromatic carbocycles. The molecule has 3 fully saturated rings. The molecule has 2 saturated heterocycles. The third-order valence-corrected chi connectivity index (χ3v) is 5.06. The number of hydrogen-bond donors (Lipinski definition) is 0. The zero-order valence-corrected chi connectivity index (χ0v) is 11.2. The lowest BCUT2D eigenvalue weighted by Gasteiger charge is -2.43. The largest absolute Gasteiger partial charge is 0.381 e. The molecule has 3 aliphatic rings. The first-order valence-electron chi connectivity index (χ1n) is 7.55. The molecule has 1 spiro atoms. The van der Waals surface area contributed by atoms with Gasteiger partial charge in [-0.2, -0.15) is 0 Å². The molecule has 0 bridgehead atoms. The molecule has 1 aliphatic carbocycles. The third kappa shape index (κ3) is 2.48. The van der Waals surface area contributed by atoms with Gasteiger partial charge in [0.1, 0.15) is 5.78 Å². The van der Waals surface area contributed by atoms with E-state index in [0.717, 1.165) is 58.3 Å². The van der Waals surface area contributed by atoms with Crippen LogP contribution >= 0.6 is 0 Å². The highest BCUT2D eigenvalue weighted by Gasteiger charge is 2.42. The minimum atomic E-state index is -0.0323. The zero-order valence-electron chi connectivity index (χ0n) is 11.2. The van der Waals surface area contributed by atoms with Crippen LogP contribution in [-0.2, 0) is 14.3 Å². The Hall–Kier alpha value is -0.410. The second-order valence-electron chi connectivity index (χ2n) is 6.22. The van der Waals surface area contributed by atoms with Crippen molar-refractivity contribution in [2.45, 2.75) is 57.0 Å². The SMILES string of the molecule is O=C(C1CCCC1)C1CCOC2(CCOCC2)C1. The van der Waals surface area contributed by atoms with E-state index in [-0.39, 0.29) is 11.5 Å². The van der Waals surface area contributed by atoms with Crippen LogP contribution in [0.3, 0.4) is 0 Å². The Bertz CT molecular complexity index is 295. The molecule has 2 aliphatic heterocycles. The van der Waals surface area contributed by atoms with Gasteiger partial charge in [-0.3, -0.25) is 4.79 Å². The summed E-state index contributed by atoms with van der Waals surface area (Å²) in [5.74, 6) is 1.17. The molecule has 1 atom stereocenters. The summed E-state index contributed by atoms with van der Waals surface area (Å²) in [6.45, 7) is 2.36. The summed E-state index contributed by atoms with van der Waals surface area (Å²) in [5, 5.41) is 0. The second-order valence-corrected chi connectivity index (χ2v) is 6.22. The van der Waals surface area contributed by atoms with Crippen LogP contribution in [0.25, 0.3) is 0 Å². The van der Waals surface area contributed by atoms with E-state index in [0.29, 0.717) is 11.7 Å². The van der Waals surface area contributed by atoms with Crippen molar-refractivity contribution in [1.29, 1.82) is 0 Å². The molecule has 3 heteroatoms. The van der Waals surface area contributed by atoms with Gasteiger partial charge in [0, 0.05) is 31.7 Å². The molecular weight excluding hydrogens is 228 g/mol. The van der Waals surface area contributed by atoms with Gasteiger partial charge in [0.15, 0.2) is 0 Å². The van der Waals surface area contributed by atoms with Crippen molar-refractivity contribution in [3.05, 3.63) is 0 Å². The van der Waals surface area contributed by atoms with Crippen molar-refractivity contribution in [2.75, 3.05) is 19.8 Å². The average molecular weight is 252 g/mol. The van der Waals surface area contributed by atoms with E-state index < -0.39 is 0 Å². The predicted octanol–water partition coefficient (Wildman–Crippen LogP) is 2.72. The van der Waals surface area contributed by atoms with Gasteiger partial charge >= 0.3 is 0 Å². The van der Waals surface area contributed by atoms with Crippen molar-refractivity contribution in [3.63, 3.8) is 0 Å². The molecule has 0 aromatic rings. The van der Waals surface area contributed by atoms with Crippen LogP contribution in [0.15, 0.2) is 0 Å². The Balaban J connectivity index is 1.64. The molecule has 1 saturated carbocycles. The van der Waals surface area contributed by atoms with Gasteiger partial charge in [-0.05, 0) is 38.5 Å². The Morgan fingerprint density at radius 2 is 1.67 bits per heavy atom. The van der Waals surface area contributed by atoms with E-state index in [1.807, 2.05) is 0 Å². The summed E-state index contributed by atoms with van der Waals surface area (Å²) < 4.78 is 11.4. The number of carbonyl (C=O) groups excluding carboxylic acids is 1. The summed E-state index contributed by atoms with van der Waals surface area (Å²) in [6, 6.07) is 0. The van der Waals surface area contributed by atoms with E-state index in [4.69, 9.17) is 9.47 Å². The van der Waals surface area contributed by atoms with Gasteiger partial charge in [0.05, 0.1) is 5.60 Å². The first kappa shape index (κ1) is 12.6. The number of rotatable bonds is 2. The first-order chi connectivity index (χ1) is 8.79. The highest BCUT2D eigenvalue weighted by atomic mass is 16.5. The normalized spacial score (nSPS) is 32.8. The van der Waals surface area contributed by atoms with E-state index in [1.54, 1.807) is 0 Å². The van der Waals surface area contributed by atoms with Crippen molar-refractivity contribution in [3.8, 4) is 0 Å². The molecule has 0 N–H and O–H groups in total. The molecular formula is C15H24O3. The lowest BCUT2D eigenvalue weighted by molar-refractivity contribution is -0.158. The Morgan fingerprint density at radius 1 is 0.944 bits per heavy atom. The number of hydrogen-bond acceptors (Lipinski definition) is 3. The van der Waals surface area contributed by atoms with Crippen molar-refractivity contribution < 1.29 is 14.3 Å². The van der Waals surface area contributed by atoms with Crippen LogP contribution in [0, 0.1) is 11.8 Å². The molecule has 2 heterocycles. The van der Waals surface area contributed by atoms with Gasteiger partial charge in [0.25, 0.3) is 0 Å². The fourth-order valence-corrected chi connectivity index (χ4v) is 3.91. The van der Waals surface area contributed by atoms with E-state index >= 15 is 0 Å². The van der Waals surface area contributed by atoms with Crippen LogP contribution in [0.2, 0.25) is 0 Å². The number of ketones is 1. The van der Waals surface area contributed by atoms with Crippen LogP contribution < -0.4 is 0 Å². The van der Waals surface area contributed by atoms with Crippen LogP contribution in [0.1, 0.15) is 51.4 Å². The van der Waals surface area contributed by atoms with Gasteiger partial charge < -0.3 is 9.47 Å². The van der Waals surface area contributed by atoms with Gasteiger partial charge in [-0.25, -0.2) is 0 Å². The third-order valence-electron chi connectivity index (χ3n) is 5.06. The second kappa shape index (κ2) is 5.30. The minimum Gasteiger partial charge on any atom is -0.381 e. The Labute approximate surface area is 109 Å². The number of carbonyl (C=O) groups is 1. The number of ether oxygens (including phenoxy) is 2. The summed E-state index contributed by atoms with van der Waals surface area (Å²) in [6.07, 6.45) is 8.60. The summed E-state index contributed by atoms with van der Waals surface area (Å²) >= 11 is 0. The molecule has 102 valence electrons. The van der Waals surface area contributed by atoms with Gasteiger partial charge in [-0.15, -0.1) is 0 Å². The molecule has 1 unspecified atom stereocenters.